The normalized spacial score (nSPS) is 19.5. The Labute approximate surface area is 97.1 Å². The summed E-state index contributed by atoms with van der Waals surface area (Å²) in [6.07, 6.45) is 5.92. The second kappa shape index (κ2) is 5.44. The van der Waals surface area contributed by atoms with Gasteiger partial charge in [-0.2, -0.15) is 0 Å². The zero-order valence-electron chi connectivity index (χ0n) is 9.93. The Kier molecular flexibility index (Phi) is 3.94. The van der Waals surface area contributed by atoms with E-state index in [0.717, 1.165) is 13.0 Å². The van der Waals surface area contributed by atoms with Crippen LogP contribution in [0.1, 0.15) is 49.8 Å². The molecule has 0 fully saturated rings. The summed E-state index contributed by atoms with van der Waals surface area (Å²) in [4.78, 5) is 0. The lowest BCUT2D eigenvalue weighted by molar-refractivity contribution is 0.452. The maximum absolute atomic E-state index is 13.1. The highest BCUT2D eigenvalue weighted by molar-refractivity contribution is 5.32. The molecular weight excluding hydrogens is 201 g/mol. The summed E-state index contributed by atoms with van der Waals surface area (Å²) in [5, 5.41) is 3.53. The van der Waals surface area contributed by atoms with Crippen LogP contribution in [0.3, 0.4) is 0 Å². The lowest BCUT2D eigenvalue weighted by atomic mass is 9.91. The monoisotopic (exact) mass is 221 g/mol. The lowest BCUT2D eigenvalue weighted by Gasteiger charge is -2.27. The van der Waals surface area contributed by atoms with Crippen molar-refractivity contribution in [1.82, 2.24) is 5.32 Å². The van der Waals surface area contributed by atoms with Gasteiger partial charge in [0.15, 0.2) is 0 Å². The van der Waals surface area contributed by atoms with Gasteiger partial charge in [-0.1, -0.05) is 32.3 Å². The zero-order valence-corrected chi connectivity index (χ0v) is 9.93. The maximum Gasteiger partial charge on any atom is 0.123 e. The van der Waals surface area contributed by atoms with Gasteiger partial charge in [-0.15, -0.1) is 0 Å². The average Bonchev–Trinajstić information content (AvgIpc) is 2.29. The second-order valence-corrected chi connectivity index (χ2v) is 4.60. The van der Waals surface area contributed by atoms with Gasteiger partial charge in [0.1, 0.15) is 5.82 Å². The third kappa shape index (κ3) is 2.62. The van der Waals surface area contributed by atoms with Gasteiger partial charge >= 0.3 is 0 Å². The molecule has 1 aliphatic rings. The van der Waals surface area contributed by atoms with Crippen LogP contribution < -0.4 is 5.32 Å². The highest BCUT2D eigenvalue weighted by atomic mass is 19.1. The summed E-state index contributed by atoms with van der Waals surface area (Å²) < 4.78 is 13.1. The van der Waals surface area contributed by atoms with Gasteiger partial charge in [-0.05, 0) is 42.6 Å². The minimum absolute atomic E-state index is 0.104. The van der Waals surface area contributed by atoms with Crippen LogP contribution in [0.2, 0.25) is 0 Å². The molecule has 0 aliphatic carbocycles. The Morgan fingerprint density at radius 3 is 3.06 bits per heavy atom. The molecule has 1 atom stereocenters. The molecule has 0 aromatic heterocycles. The molecule has 1 aromatic rings. The van der Waals surface area contributed by atoms with Crippen LogP contribution in [0.4, 0.5) is 4.39 Å². The molecule has 16 heavy (non-hydrogen) atoms. The van der Waals surface area contributed by atoms with Crippen molar-refractivity contribution in [1.29, 1.82) is 0 Å². The van der Waals surface area contributed by atoms with E-state index in [1.807, 2.05) is 6.07 Å². The van der Waals surface area contributed by atoms with Crippen LogP contribution in [0.15, 0.2) is 18.2 Å². The summed E-state index contributed by atoms with van der Waals surface area (Å²) in [7, 11) is 0. The first-order valence-electron chi connectivity index (χ1n) is 6.33. The largest absolute Gasteiger partial charge is 0.310 e. The predicted octanol–water partition coefficient (Wildman–Crippen LogP) is 3.59. The summed E-state index contributed by atoms with van der Waals surface area (Å²) in [6.45, 7) is 3.20. The van der Waals surface area contributed by atoms with Crippen LogP contribution in [0.25, 0.3) is 0 Å². The highest BCUT2D eigenvalue weighted by Crippen LogP contribution is 2.27. The first-order chi connectivity index (χ1) is 7.81. The minimum atomic E-state index is -0.104. The number of rotatable bonds is 4. The van der Waals surface area contributed by atoms with E-state index in [1.165, 1.54) is 36.8 Å². The molecule has 1 heterocycles. The molecule has 0 bridgehead atoms. The van der Waals surface area contributed by atoms with Crippen molar-refractivity contribution < 1.29 is 4.39 Å². The summed E-state index contributed by atoms with van der Waals surface area (Å²) >= 11 is 0. The van der Waals surface area contributed by atoms with Crippen molar-refractivity contribution in [3.05, 3.63) is 35.1 Å². The van der Waals surface area contributed by atoms with Gasteiger partial charge in [0, 0.05) is 6.04 Å². The topological polar surface area (TPSA) is 12.0 Å². The van der Waals surface area contributed by atoms with Gasteiger partial charge in [-0.25, -0.2) is 4.39 Å². The Morgan fingerprint density at radius 2 is 2.25 bits per heavy atom. The lowest BCUT2D eigenvalue weighted by Crippen LogP contribution is -2.29. The van der Waals surface area contributed by atoms with Gasteiger partial charge in [-0.3, -0.25) is 0 Å². The fourth-order valence-electron chi connectivity index (χ4n) is 2.48. The Balaban J connectivity index is 2.07. The number of unbranched alkanes of at least 4 members (excludes halogenated alkanes) is 2. The van der Waals surface area contributed by atoms with E-state index in [9.17, 15) is 4.39 Å². The van der Waals surface area contributed by atoms with Crippen molar-refractivity contribution in [2.45, 2.75) is 45.1 Å². The van der Waals surface area contributed by atoms with Gasteiger partial charge in [0.05, 0.1) is 0 Å². The summed E-state index contributed by atoms with van der Waals surface area (Å²) in [6, 6.07) is 5.67. The van der Waals surface area contributed by atoms with E-state index >= 15 is 0 Å². The van der Waals surface area contributed by atoms with E-state index in [0.29, 0.717) is 6.04 Å². The molecule has 1 aliphatic heterocycles. The smallest absolute Gasteiger partial charge is 0.123 e. The molecule has 1 N–H and O–H groups in total. The SMILES string of the molecule is CCCCCC1NCCc2cc(F)ccc21. The van der Waals surface area contributed by atoms with E-state index in [4.69, 9.17) is 0 Å². The van der Waals surface area contributed by atoms with Crippen LogP contribution in [0.5, 0.6) is 0 Å². The molecule has 0 spiro atoms. The Bertz CT molecular complexity index is 349. The maximum atomic E-state index is 13.1. The zero-order chi connectivity index (χ0) is 11.4. The van der Waals surface area contributed by atoms with E-state index in [-0.39, 0.29) is 5.82 Å². The standard InChI is InChI=1S/C14H20FN/c1-2-3-4-5-14-13-7-6-12(15)10-11(13)8-9-16-14/h6-7,10,14,16H,2-5,8-9H2,1H3. The molecule has 0 saturated carbocycles. The van der Waals surface area contributed by atoms with Crippen molar-refractivity contribution in [3.8, 4) is 0 Å². The van der Waals surface area contributed by atoms with Crippen LogP contribution in [-0.2, 0) is 6.42 Å². The van der Waals surface area contributed by atoms with Crippen molar-refractivity contribution in [2.24, 2.45) is 0 Å². The average molecular weight is 221 g/mol. The van der Waals surface area contributed by atoms with Crippen LogP contribution in [0, 0.1) is 5.82 Å². The van der Waals surface area contributed by atoms with Crippen molar-refractivity contribution in [3.63, 3.8) is 0 Å². The fourth-order valence-corrected chi connectivity index (χ4v) is 2.48. The molecule has 88 valence electrons. The first kappa shape index (κ1) is 11.6. The van der Waals surface area contributed by atoms with Gasteiger partial charge in [0.2, 0.25) is 0 Å². The second-order valence-electron chi connectivity index (χ2n) is 4.60. The molecule has 0 radical (unpaired) electrons. The third-order valence-electron chi connectivity index (χ3n) is 3.36. The van der Waals surface area contributed by atoms with Gasteiger partial charge < -0.3 is 5.32 Å². The molecular formula is C14H20FN. The molecule has 1 nitrogen and oxygen atoms in total. The first-order valence-corrected chi connectivity index (χ1v) is 6.33. The Hall–Kier alpha value is -0.890. The quantitative estimate of drug-likeness (QED) is 0.766. The molecule has 1 unspecified atom stereocenters. The van der Waals surface area contributed by atoms with Gasteiger partial charge in [0.25, 0.3) is 0 Å². The van der Waals surface area contributed by atoms with Crippen molar-refractivity contribution >= 4 is 0 Å². The van der Waals surface area contributed by atoms with Crippen LogP contribution in [-0.4, -0.2) is 6.54 Å². The van der Waals surface area contributed by atoms with E-state index in [2.05, 4.69) is 12.2 Å². The number of fused-ring (bicyclic) bond motifs is 1. The summed E-state index contributed by atoms with van der Waals surface area (Å²) in [5.74, 6) is -0.104. The van der Waals surface area contributed by atoms with Crippen molar-refractivity contribution in [2.75, 3.05) is 6.54 Å². The van der Waals surface area contributed by atoms with Crippen LogP contribution >= 0.6 is 0 Å². The fraction of sp³-hybridized carbons (Fsp3) is 0.571. The number of hydrogen-bond acceptors (Lipinski definition) is 1. The third-order valence-corrected chi connectivity index (χ3v) is 3.36. The minimum Gasteiger partial charge on any atom is -0.310 e. The molecule has 0 amide bonds. The number of hydrogen-bond donors (Lipinski definition) is 1. The van der Waals surface area contributed by atoms with E-state index < -0.39 is 0 Å². The number of benzene rings is 1. The number of halogens is 1. The predicted molar refractivity (Wildman–Crippen MR) is 65.0 cm³/mol. The highest BCUT2D eigenvalue weighted by Gasteiger charge is 2.19. The summed E-state index contributed by atoms with van der Waals surface area (Å²) in [5.41, 5.74) is 2.50. The molecule has 0 saturated heterocycles. The van der Waals surface area contributed by atoms with E-state index in [1.54, 1.807) is 12.1 Å². The molecule has 1 aromatic carbocycles. The number of nitrogens with one attached hydrogen (secondary N) is 1. The molecule has 2 heteroatoms. The molecule has 2 rings (SSSR count). The Morgan fingerprint density at radius 1 is 1.38 bits per heavy atom.